The lowest BCUT2D eigenvalue weighted by Crippen LogP contribution is -2.31. The topological polar surface area (TPSA) is 49.5 Å². The first-order chi connectivity index (χ1) is 9.13. The fourth-order valence-corrected chi connectivity index (χ4v) is 3.07. The van der Waals surface area contributed by atoms with E-state index in [1.807, 2.05) is 18.2 Å². The van der Waals surface area contributed by atoms with Crippen molar-refractivity contribution in [2.24, 2.45) is 5.73 Å². The molecular formula is C14H19ClN2OS. The summed E-state index contributed by atoms with van der Waals surface area (Å²) in [5, 5.41) is 9.69. The zero-order valence-corrected chi connectivity index (χ0v) is 12.4. The molecule has 1 fully saturated rings. The van der Waals surface area contributed by atoms with E-state index >= 15 is 0 Å². The minimum absolute atomic E-state index is 0.238. The molecule has 1 aromatic carbocycles. The number of halogens is 1. The smallest absolute Gasteiger partial charge is 0.106 e. The molecular weight excluding hydrogens is 280 g/mol. The van der Waals surface area contributed by atoms with Crippen LogP contribution in [0.5, 0.6) is 0 Å². The van der Waals surface area contributed by atoms with E-state index in [2.05, 4.69) is 4.90 Å². The van der Waals surface area contributed by atoms with Crippen LogP contribution in [0, 0.1) is 0 Å². The standard InChI is InChI=1S/C14H19ClN2OS/c15-10-5-6-12(14(16)19)13(9-10)17-7-1-3-11(17)4-2-8-18/h5-6,9,11,18H,1-4,7-8H2,(H2,16,19). The predicted molar refractivity (Wildman–Crippen MR) is 84.0 cm³/mol. The maximum Gasteiger partial charge on any atom is 0.106 e. The highest BCUT2D eigenvalue weighted by Gasteiger charge is 2.26. The van der Waals surface area contributed by atoms with E-state index < -0.39 is 0 Å². The van der Waals surface area contributed by atoms with Gasteiger partial charge in [-0.15, -0.1) is 0 Å². The van der Waals surface area contributed by atoms with E-state index in [0.29, 0.717) is 16.1 Å². The molecule has 5 heteroatoms. The first kappa shape index (κ1) is 14.6. The third kappa shape index (κ3) is 3.38. The molecule has 3 nitrogen and oxygen atoms in total. The Kier molecular flexibility index (Phi) is 5.02. The summed E-state index contributed by atoms with van der Waals surface area (Å²) in [6.45, 7) is 1.23. The van der Waals surface area contributed by atoms with Gasteiger partial charge in [-0.2, -0.15) is 0 Å². The number of anilines is 1. The fourth-order valence-electron chi connectivity index (χ4n) is 2.73. The summed E-state index contributed by atoms with van der Waals surface area (Å²) in [7, 11) is 0. The van der Waals surface area contributed by atoms with Crippen molar-refractivity contribution in [1.29, 1.82) is 0 Å². The Labute approximate surface area is 124 Å². The first-order valence-corrected chi connectivity index (χ1v) is 7.39. The van der Waals surface area contributed by atoms with Gasteiger partial charge in [-0.1, -0.05) is 23.8 Å². The lowest BCUT2D eigenvalue weighted by molar-refractivity contribution is 0.279. The van der Waals surface area contributed by atoms with Crippen molar-refractivity contribution in [2.45, 2.75) is 31.7 Å². The molecule has 1 saturated heterocycles. The molecule has 19 heavy (non-hydrogen) atoms. The van der Waals surface area contributed by atoms with Crippen LogP contribution in [-0.2, 0) is 0 Å². The highest BCUT2D eigenvalue weighted by atomic mass is 35.5. The van der Waals surface area contributed by atoms with Gasteiger partial charge in [0.05, 0.1) is 0 Å². The second-order valence-electron chi connectivity index (χ2n) is 4.88. The van der Waals surface area contributed by atoms with Crippen molar-refractivity contribution >= 4 is 34.5 Å². The van der Waals surface area contributed by atoms with Crippen molar-refractivity contribution in [2.75, 3.05) is 18.1 Å². The maximum atomic E-state index is 8.99. The van der Waals surface area contributed by atoms with Crippen molar-refractivity contribution < 1.29 is 5.11 Å². The van der Waals surface area contributed by atoms with E-state index in [1.54, 1.807) is 0 Å². The van der Waals surface area contributed by atoms with E-state index in [9.17, 15) is 0 Å². The Morgan fingerprint density at radius 3 is 3.00 bits per heavy atom. The van der Waals surface area contributed by atoms with Gasteiger partial charge in [0.1, 0.15) is 4.99 Å². The number of rotatable bonds is 5. The quantitative estimate of drug-likeness (QED) is 0.821. The van der Waals surface area contributed by atoms with Gasteiger partial charge >= 0.3 is 0 Å². The number of nitrogens with two attached hydrogens (primary N) is 1. The molecule has 0 saturated carbocycles. The monoisotopic (exact) mass is 298 g/mol. The maximum absolute atomic E-state index is 8.99. The molecule has 104 valence electrons. The van der Waals surface area contributed by atoms with Crippen LogP contribution < -0.4 is 10.6 Å². The van der Waals surface area contributed by atoms with Crippen LogP contribution in [0.1, 0.15) is 31.2 Å². The molecule has 2 rings (SSSR count). The van der Waals surface area contributed by atoms with Crippen molar-refractivity contribution in [3.8, 4) is 0 Å². The first-order valence-electron chi connectivity index (χ1n) is 6.60. The number of thiocarbonyl (C=S) groups is 1. The van der Waals surface area contributed by atoms with E-state index in [0.717, 1.165) is 43.5 Å². The van der Waals surface area contributed by atoms with E-state index in [-0.39, 0.29) is 6.61 Å². The Hall–Kier alpha value is -0.840. The summed E-state index contributed by atoms with van der Waals surface area (Å²) >= 11 is 11.2. The van der Waals surface area contributed by atoms with E-state index in [1.165, 1.54) is 0 Å². The molecule has 0 radical (unpaired) electrons. The van der Waals surface area contributed by atoms with Gasteiger partial charge in [-0.05, 0) is 43.9 Å². The van der Waals surface area contributed by atoms with Gasteiger partial charge in [0.2, 0.25) is 0 Å². The summed E-state index contributed by atoms with van der Waals surface area (Å²) in [5.74, 6) is 0. The molecule has 0 spiro atoms. The third-order valence-corrected chi connectivity index (χ3v) is 4.06. The van der Waals surface area contributed by atoms with Crippen molar-refractivity contribution in [1.82, 2.24) is 0 Å². The SMILES string of the molecule is NC(=S)c1ccc(Cl)cc1N1CCCC1CCCO. The largest absolute Gasteiger partial charge is 0.396 e. The lowest BCUT2D eigenvalue weighted by Gasteiger charge is -2.29. The zero-order chi connectivity index (χ0) is 13.8. The molecule has 1 heterocycles. The Bertz CT molecular complexity index is 467. The number of aliphatic hydroxyl groups is 1. The van der Waals surface area contributed by atoms with Crippen LogP contribution in [-0.4, -0.2) is 29.3 Å². The highest BCUT2D eigenvalue weighted by molar-refractivity contribution is 7.80. The summed E-state index contributed by atoms with van der Waals surface area (Å²) in [6, 6.07) is 6.09. The molecule has 0 aromatic heterocycles. The molecule has 1 aliphatic heterocycles. The third-order valence-electron chi connectivity index (χ3n) is 3.61. The predicted octanol–water partition coefficient (Wildman–Crippen LogP) is 2.72. The minimum Gasteiger partial charge on any atom is -0.396 e. The van der Waals surface area contributed by atoms with E-state index in [4.69, 9.17) is 34.7 Å². The summed E-state index contributed by atoms with van der Waals surface area (Å²) in [4.78, 5) is 2.73. The second-order valence-corrected chi connectivity index (χ2v) is 5.76. The minimum atomic E-state index is 0.238. The Morgan fingerprint density at radius 1 is 1.53 bits per heavy atom. The van der Waals surface area contributed by atoms with Crippen LogP contribution in [0.2, 0.25) is 5.02 Å². The van der Waals surface area contributed by atoms with Crippen LogP contribution in [0.4, 0.5) is 5.69 Å². The zero-order valence-electron chi connectivity index (χ0n) is 10.8. The Balaban J connectivity index is 2.28. The molecule has 1 aromatic rings. The number of benzene rings is 1. The summed E-state index contributed by atoms with van der Waals surface area (Å²) in [6.07, 6.45) is 4.10. The van der Waals surface area contributed by atoms with Crippen LogP contribution >= 0.6 is 23.8 Å². The molecule has 1 aliphatic rings. The average molecular weight is 299 g/mol. The van der Waals surface area contributed by atoms with Crippen LogP contribution in [0.15, 0.2) is 18.2 Å². The lowest BCUT2D eigenvalue weighted by atomic mass is 10.1. The number of aliphatic hydroxyl groups excluding tert-OH is 1. The molecule has 0 bridgehead atoms. The van der Waals surface area contributed by atoms with Crippen molar-refractivity contribution in [3.05, 3.63) is 28.8 Å². The van der Waals surface area contributed by atoms with Gasteiger partial charge < -0.3 is 15.7 Å². The van der Waals surface area contributed by atoms with Gasteiger partial charge in [0.15, 0.2) is 0 Å². The second kappa shape index (κ2) is 6.55. The molecule has 0 amide bonds. The molecule has 3 N–H and O–H groups in total. The highest BCUT2D eigenvalue weighted by Crippen LogP contribution is 2.32. The average Bonchev–Trinajstić information content (AvgIpc) is 2.83. The number of nitrogens with zero attached hydrogens (tertiary/aromatic N) is 1. The van der Waals surface area contributed by atoms with Gasteiger partial charge in [-0.3, -0.25) is 0 Å². The van der Waals surface area contributed by atoms with Gasteiger partial charge in [0, 0.05) is 35.5 Å². The summed E-state index contributed by atoms with van der Waals surface area (Å²) < 4.78 is 0. The normalized spacial score (nSPS) is 18.8. The van der Waals surface area contributed by atoms with Gasteiger partial charge in [0.25, 0.3) is 0 Å². The van der Waals surface area contributed by atoms with Crippen LogP contribution in [0.3, 0.4) is 0 Å². The van der Waals surface area contributed by atoms with Gasteiger partial charge in [-0.25, -0.2) is 0 Å². The number of hydrogen-bond donors (Lipinski definition) is 2. The fraction of sp³-hybridized carbons (Fsp3) is 0.500. The molecule has 1 atom stereocenters. The number of hydrogen-bond acceptors (Lipinski definition) is 3. The molecule has 1 unspecified atom stereocenters. The summed E-state index contributed by atoms with van der Waals surface area (Å²) in [5.41, 5.74) is 7.71. The Morgan fingerprint density at radius 2 is 2.32 bits per heavy atom. The van der Waals surface area contributed by atoms with Crippen molar-refractivity contribution in [3.63, 3.8) is 0 Å². The molecule has 0 aliphatic carbocycles. The van der Waals surface area contributed by atoms with Crippen LogP contribution in [0.25, 0.3) is 0 Å².